The third kappa shape index (κ3) is 14.6. The van der Waals surface area contributed by atoms with Crippen molar-refractivity contribution >= 4 is 166 Å². The van der Waals surface area contributed by atoms with Crippen LogP contribution in [0.2, 0.25) is 15.2 Å². The Bertz CT molecular complexity index is 8610. The zero-order chi connectivity index (χ0) is 85.3. The number of nitrogens with zero attached hydrogens (tertiary/aromatic N) is 9. The van der Waals surface area contributed by atoms with E-state index in [9.17, 15) is 0 Å². The summed E-state index contributed by atoms with van der Waals surface area (Å²) in [4.78, 5) is 29.8. The molecule has 130 heavy (non-hydrogen) atoms. The molecule has 0 radical (unpaired) electrons. The summed E-state index contributed by atoms with van der Waals surface area (Å²) in [7, 11) is 0. The number of hydrogen-bond donors (Lipinski definition) is 0. The topological polar surface area (TPSA) is 92.1 Å². The van der Waals surface area contributed by atoms with Crippen LogP contribution in [0.4, 0.5) is 0 Å². The smallest absolute Gasteiger partial charge is 0.165 e. The third-order valence-corrected chi connectivity index (χ3v) is 25.5. The van der Waals surface area contributed by atoms with E-state index in [0.29, 0.717) is 10.2 Å². The first kappa shape index (κ1) is 81.3. The molecule has 25 aromatic rings. The molecule has 12 heteroatoms. The molecule has 0 saturated carbocycles. The summed E-state index contributed by atoms with van der Waals surface area (Å²) in [6.45, 7) is 0. The van der Waals surface area contributed by atoms with Crippen molar-refractivity contribution in [1.82, 2.24) is 43.6 Å². The molecule has 0 N–H and O–H groups in total. The monoisotopic (exact) mass is 1730 g/mol. The van der Waals surface area contributed by atoms with Crippen molar-refractivity contribution in [3.05, 3.63) is 462 Å². The predicted molar refractivity (Wildman–Crippen MR) is 548 cm³/mol. The lowest BCUT2D eigenvalue weighted by molar-refractivity contribution is 1.08. The first-order valence-electron chi connectivity index (χ1n) is 42.9. The Labute approximate surface area is 766 Å². The summed E-state index contributed by atoms with van der Waals surface area (Å²) in [5.74, 6) is 1.61. The lowest BCUT2D eigenvalue weighted by atomic mass is 9.98. The first-order chi connectivity index (χ1) is 63.2. The Morgan fingerprint density at radius 1 is 0.215 bits per heavy atom. The normalized spacial score (nSPS) is 11.6. The van der Waals surface area contributed by atoms with E-state index < -0.39 is 0 Å². The summed E-state index contributed by atoms with van der Waals surface area (Å²) in [5, 5.41) is 16.7. The van der Waals surface area contributed by atoms with Crippen molar-refractivity contribution in [1.29, 1.82) is 0 Å². The maximum absolute atomic E-state index is 6.53. The highest BCUT2D eigenvalue weighted by Crippen LogP contribution is 2.46. The highest BCUT2D eigenvalue weighted by Gasteiger charge is 2.27. The van der Waals surface area contributed by atoms with Crippen LogP contribution in [0.5, 0.6) is 0 Å². The van der Waals surface area contributed by atoms with Gasteiger partial charge in [-0.1, -0.05) is 377 Å². The second-order valence-electron chi connectivity index (χ2n) is 32.3. The molecule has 0 atom stereocenters. The number of para-hydroxylation sites is 8. The minimum atomic E-state index is 0. The zero-order valence-corrected chi connectivity index (χ0v) is 71.3. The largest absolute Gasteiger partial charge is 0.309 e. The van der Waals surface area contributed by atoms with E-state index in [1.807, 2.05) is 146 Å². The Morgan fingerprint density at radius 2 is 0.585 bits per heavy atom. The van der Waals surface area contributed by atoms with E-state index in [4.69, 9.17) is 54.7 Å². The van der Waals surface area contributed by atoms with E-state index in [2.05, 4.69) is 303 Å². The van der Waals surface area contributed by atoms with Crippen LogP contribution in [0.15, 0.2) is 425 Å². The Morgan fingerprint density at radius 3 is 1.10 bits per heavy atom. The van der Waals surface area contributed by atoms with Gasteiger partial charge < -0.3 is 4.57 Å². The number of rotatable bonds is 6. The quantitative estimate of drug-likeness (QED) is 0.165. The summed E-state index contributed by atoms with van der Waals surface area (Å²) in [6.07, 6.45) is 2.10. The molecule has 6 aromatic heterocycles. The van der Waals surface area contributed by atoms with Crippen LogP contribution in [-0.4, -0.2) is 43.6 Å². The summed E-state index contributed by atoms with van der Waals surface area (Å²) in [5.41, 5.74) is 29.6. The maximum Gasteiger partial charge on any atom is 0.165 e. The summed E-state index contributed by atoms with van der Waals surface area (Å²) >= 11 is 18.8. The molecule has 6 heterocycles. The first-order valence-corrected chi connectivity index (χ1v) is 44.0. The van der Waals surface area contributed by atoms with Gasteiger partial charge in [-0.3, -0.25) is 9.13 Å². The average Bonchev–Trinajstić information content (AvgIpc) is 1.55. The number of hydrogen-bond acceptors (Lipinski definition) is 6. The van der Waals surface area contributed by atoms with Gasteiger partial charge in [-0.25, -0.2) is 29.9 Å². The number of halogens is 3. The molecular formula is C118H82Cl3N9. The van der Waals surface area contributed by atoms with Gasteiger partial charge in [-0.15, -0.1) is 0 Å². The SMILES string of the molecule is C.C.Clc1ccc2c(c1)Cc1ccc3ccccc3c1-2.Clc1ccc2c3c4ccccc4ccc3n(-c3nc4ccccc4nc3-c3ccccc3)c2c1.Clc1nc2ccccc2nc1-c1ccccc1.c1ccc(-c2nc3ccccc3nc2-n2c3cc(-n4c5ccccc5c5ccccc54)ccc3c3c4ccccc4ccc32)cc1.c1ccc2c(c1)Cc1ccccc1-2. The predicted octanol–water partition coefficient (Wildman–Crippen LogP) is 32.4. The standard InChI is InChI=1S/C42H26N4.C30H18ClN3.C17H11Cl.C14H9ClN2.C13H10.2CH4/c1-2-13-28(14-3-1)41-42(44-35-19-9-8-18-34(35)43-41)46-38-25-22-27-12-4-5-15-30(27)40(38)33-24-23-29(26-39(33)46)45-36-20-10-6-16-31(36)32-17-7-11-21-37(32)45;31-21-15-16-23-27(18-21)34(26-17-14-19-8-4-5-11-22(19)28(23)26)30-29(20-9-2-1-3-10-20)32-24-12-6-7-13-25(24)33-30;18-14-7-8-16-13(10-14)9-12-6-5-11-3-1-2-4-15(11)17(12)16;15-14-13(10-6-2-1-3-7-10)16-11-8-4-5-9-12(11)17-14;1-3-7-12-10(5-1)9-11-6-2-4-8-13(11)12;;/h1-26H;1-18H;1-8,10H,9H2;1-9H;1-8H,9H2;2*1H4. The van der Waals surface area contributed by atoms with Crippen molar-refractivity contribution in [2.24, 2.45) is 0 Å². The van der Waals surface area contributed by atoms with Gasteiger partial charge in [-0.2, -0.15) is 0 Å². The van der Waals surface area contributed by atoms with Gasteiger partial charge >= 0.3 is 0 Å². The summed E-state index contributed by atoms with van der Waals surface area (Å²) in [6, 6.07) is 147. The molecule has 620 valence electrons. The molecule has 19 aromatic carbocycles. The van der Waals surface area contributed by atoms with Gasteiger partial charge in [-0.05, 0) is 187 Å². The molecule has 0 amide bonds. The van der Waals surface area contributed by atoms with Crippen LogP contribution >= 0.6 is 34.8 Å². The molecule has 0 unspecified atom stereocenters. The van der Waals surface area contributed by atoms with Gasteiger partial charge in [0.15, 0.2) is 16.8 Å². The Hall–Kier alpha value is -15.8. The molecule has 0 aliphatic heterocycles. The minimum absolute atomic E-state index is 0. The van der Waals surface area contributed by atoms with E-state index in [1.54, 1.807) is 0 Å². The molecule has 27 rings (SSSR count). The van der Waals surface area contributed by atoms with Crippen molar-refractivity contribution in [2.75, 3.05) is 0 Å². The van der Waals surface area contributed by atoms with Gasteiger partial charge in [0.05, 0.1) is 66.2 Å². The van der Waals surface area contributed by atoms with E-state index in [0.717, 1.165) is 130 Å². The Balaban J connectivity index is 0.000000106. The van der Waals surface area contributed by atoms with Crippen LogP contribution in [0.3, 0.4) is 0 Å². The fraction of sp³-hybridized carbons (Fsp3) is 0.0339. The molecule has 0 bridgehead atoms. The molecule has 9 nitrogen and oxygen atoms in total. The van der Waals surface area contributed by atoms with E-state index in [1.165, 1.54) is 115 Å². The van der Waals surface area contributed by atoms with Crippen LogP contribution < -0.4 is 0 Å². The second kappa shape index (κ2) is 34.5. The van der Waals surface area contributed by atoms with Gasteiger partial charge in [0.1, 0.15) is 17.1 Å². The fourth-order valence-electron chi connectivity index (χ4n) is 19.0. The number of fused-ring (bicyclic) bond motifs is 24. The molecule has 0 saturated heterocycles. The Kier molecular flexibility index (Phi) is 21.6. The minimum Gasteiger partial charge on any atom is -0.309 e. The number of benzene rings is 19. The van der Waals surface area contributed by atoms with Crippen molar-refractivity contribution < 1.29 is 0 Å². The van der Waals surface area contributed by atoms with Crippen LogP contribution in [0.25, 0.3) is 204 Å². The molecule has 2 aliphatic rings. The lowest BCUT2D eigenvalue weighted by Gasteiger charge is -2.14. The lowest BCUT2D eigenvalue weighted by Crippen LogP contribution is -2.04. The zero-order valence-electron chi connectivity index (χ0n) is 69.0. The van der Waals surface area contributed by atoms with Crippen molar-refractivity contribution in [2.45, 2.75) is 27.7 Å². The molecule has 0 fully saturated rings. The number of aromatic nitrogens is 9. The molecular weight excluding hydrogens is 1650 g/mol. The molecule has 0 spiro atoms. The van der Waals surface area contributed by atoms with Gasteiger partial charge in [0.2, 0.25) is 0 Å². The van der Waals surface area contributed by atoms with Crippen LogP contribution in [0.1, 0.15) is 37.1 Å². The average molecular weight is 1730 g/mol. The van der Waals surface area contributed by atoms with Crippen molar-refractivity contribution in [3.8, 4) is 73.3 Å². The highest BCUT2D eigenvalue weighted by atomic mass is 35.5. The second-order valence-corrected chi connectivity index (χ2v) is 33.5. The molecule has 2 aliphatic carbocycles. The van der Waals surface area contributed by atoms with Crippen molar-refractivity contribution in [3.63, 3.8) is 0 Å². The fourth-order valence-corrected chi connectivity index (χ4v) is 19.6. The van der Waals surface area contributed by atoms with Gasteiger partial charge in [0.25, 0.3) is 0 Å². The van der Waals surface area contributed by atoms with Crippen LogP contribution in [-0.2, 0) is 12.8 Å². The van der Waals surface area contributed by atoms with Crippen LogP contribution in [0, 0.1) is 0 Å². The summed E-state index contributed by atoms with van der Waals surface area (Å²) < 4.78 is 6.93. The highest BCUT2D eigenvalue weighted by molar-refractivity contribution is 6.33. The third-order valence-electron chi connectivity index (χ3n) is 24.7. The van der Waals surface area contributed by atoms with E-state index >= 15 is 0 Å². The van der Waals surface area contributed by atoms with E-state index in [-0.39, 0.29) is 14.9 Å². The van der Waals surface area contributed by atoms with Gasteiger partial charge in [0, 0.05) is 64.7 Å². The maximum atomic E-state index is 6.53.